The maximum atomic E-state index is 12.6. The van der Waals surface area contributed by atoms with E-state index < -0.39 is 6.04 Å². The van der Waals surface area contributed by atoms with Crippen molar-refractivity contribution < 1.29 is 14.3 Å². The maximum Gasteiger partial charge on any atom is 0.329 e. The van der Waals surface area contributed by atoms with Crippen LogP contribution in [0.3, 0.4) is 0 Å². The highest BCUT2D eigenvalue weighted by Gasteiger charge is 2.29. The Hall–Kier alpha value is -1.53. The number of nitrogens with one attached hydrogen (secondary N) is 1. The van der Waals surface area contributed by atoms with Crippen molar-refractivity contribution in [1.82, 2.24) is 14.8 Å². The topological polar surface area (TPSA) is 63.6 Å². The molecule has 1 saturated carbocycles. The summed E-state index contributed by atoms with van der Waals surface area (Å²) in [5.74, 6) is -0.375. The second-order valence-electron chi connectivity index (χ2n) is 6.63. The summed E-state index contributed by atoms with van der Waals surface area (Å²) in [5.41, 5.74) is 1.33. The molecule has 1 aromatic heterocycles. The van der Waals surface area contributed by atoms with E-state index >= 15 is 0 Å². The minimum atomic E-state index is -0.522. The van der Waals surface area contributed by atoms with Crippen LogP contribution in [-0.2, 0) is 16.6 Å². The number of likely N-dealkylation sites (N-methyl/N-ethyl adjacent to an activating group) is 1. The maximum absolute atomic E-state index is 12.6. The van der Waals surface area contributed by atoms with Gasteiger partial charge in [-0.2, -0.15) is 0 Å². The molecule has 25 heavy (non-hydrogen) atoms. The molecule has 1 aromatic rings. The largest absolute Gasteiger partial charge is 0.465 e. The SMILES string of the molecule is CCOC(=O)C(c1ccc(C(=O)NC2CCCCC2)n1C)N(C)C.Cl. The molecule has 6 nitrogen and oxygen atoms in total. The van der Waals surface area contributed by atoms with Crippen LogP contribution in [0, 0.1) is 0 Å². The van der Waals surface area contributed by atoms with Gasteiger partial charge in [-0.05, 0) is 46.0 Å². The van der Waals surface area contributed by atoms with E-state index in [1.165, 1.54) is 19.3 Å². The van der Waals surface area contributed by atoms with Gasteiger partial charge >= 0.3 is 5.97 Å². The average molecular weight is 372 g/mol. The molecular formula is C18H30ClN3O3. The van der Waals surface area contributed by atoms with Crippen LogP contribution in [0.25, 0.3) is 0 Å². The van der Waals surface area contributed by atoms with Crippen molar-refractivity contribution in [2.75, 3.05) is 20.7 Å². The van der Waals surface area contributed by atoms with E-state index in [1.807, 2.05) is 27.2 Å². The Balaban J connectivity index is 0.00000312. The van der Waals surface area contributed by atoms with Crippen molar-refractivity contribution in [1.29, 1.82) is 0 Å². The van der Waals surface area contributed by atoms with E-state index in [2.05, 4.69) is 5.32 Å². The fourth-order valence-corrected chi connectivity index (χ4v) is 3.35. The second-order valence-corrected chi connectivity index (χ2v) is 6.63. The van der Waals surface area contributed by atoms with Crippen LogP contribution in [0.2, 0.25) is 0 Å². The van der Waals surface area contributed by atoms with Gasteiger partial charge in [0.05, 0.1) is 6.61 Å². The van der Waals surface area contributed by atoms with Gasteiger partial charge < -0.3 is 14.6 Å². The molecule has 0 bridgehead atoms. The number of esters is 1. The molecule has 1 aliphatic rings. The Morgan fingerprint density at radius 1 is 1.28 bits per heavy atom. The zero-order chi connectivity index (χ0) is 17.7. The molecule has 0 spiro atoms. The first-order valence-electron chi connectivity index (χ1n) is 8.75. The fraction of sp³-hybridized carbons (Fsp3) is 0.667. The normalized spacial score (nSPS) is 16.2. The van der Waals surface area contributed by atoms with Gasteiger partial charge in [-0.3, -0.25) is 9.69 Å². The first-order valence-corrected chi connectivity index (χ1v) is 8.75. The number of carbonyl (C=O) groups excluding carboxylic acids is 2. The Kier molecular flexibility index (Phi) is 8.45. The summed E-state index contributed by atoms with van der Waals surface area (Å²) in [6.07, 6.45) is 5.70. The number of rotatable bonds is 6. The highest BCUT2D eigenvalue weighted by molar-refractivity contribution is 5.93. The Bertz CT molecular complexity index is 580. The molecule has 142 valence electrons. The van der Waals surface area contributed by atoms with Crippen molar-refractivity contribution in [3.05, 3.63) is 23.5 Å². The molecule has 0 aromatic carbocycles. The second kappa shape index (κ2) is 9.82. The monoisotopic (exact) mass is 371 g/mol. The molecule has 7 heteroatoms. The smallest absolute Gasteiger partial charge is 0.329 e. The quantitative estimate of drug-likeness (QED) is 0.781. The summed E-state index contributed by atoms with van der Waals surface area (Å²) in [6, 6.07) is 3.35. The van der Waals surface area contributed by atoms with Gasteiger partial charge in [0.1, 0.15) is 11.7 Å². The zero-order valence-electron chi connectivity index (χ0n) is 15.6. The lowest BCUT2D eigenvalue weighted by Gasteiger charge is -2.24. The number of carbonyl (C=O) groups is 2. The van der Waals surface area contributed by atoms with Gasteiger partial charge in [-0.25, -0.2) is 4.79 Å². The molecule has 1 amide bonds. The highest BCUT2D eigenvalue weighted by Crippen LogP contribution is 2.23. The van der Waals surface area contributed by atoms with Crippen molar-refractivity contribution in [3.63, 3.8) is 0 Å². The molecule has 1 fully saturated rings. The van der Waals surface area contributed by atoms with E-state index in [0.717, 1.165) is 18.5 Å². The third-order valence-electron chi connectivity index (χ3n) is 4.64. The standard InChI is InChI=1S/C18H29N3O3.ClH/c1-5-24-18(23)16(20(2)3)14-11-12-15(21(14)4)17(22)19-13-9-7-6-8-10-13;/h11-13,16H,5-10H2,1-4H3,(H,19,22);1H. The molecule has 2 rings (SSSR count). The van der Waals surface area contributed by atoms with Crippen LogP contribution in [0.4, 0.5) is 0 Å². The van der Waals surface area contributed by atoms with Gasteiger partial charge in [-0.15, -0.1) is 12.4 Å². The number of nitrogens with zero attached hydrogens (tertiary/aromatic N) is 2. The van der Waals surface area contributed by atoms with Crippen molar-refractivity contribution in [2.45, 2.75) is 51.1 Å². The van der Waals surface area contributed by atoms with Crippen LogP contribution in [0.1, 0.15) is 61.3 Å². The average Bonchev–Trinajstić information content (AvgIpc) is 2.90. The van der Waals surface area contributed by atoms with Crippen molar-refractivity contribution >= 4 is 24.3 Å². The van der Waals surface area contributed by atoms with Gasteiger partial charge in [0.25, 0.3) is 5.91 Å². The van der Waals surface area contributed by atoms with Gasteiger partial charge in [-0.1, -0.05) is 19.3 Å². The summed E-state index contributed by atoms with van der Waals surface area (Å²) in [4.78, 5) is 26.6. The van der Waals surface area contributed by atoms with Crippen LogP contribution in [-0.4, -0.2) is 48.1 Å². The molecular weight excluding hydrogens is 342 g/mol. The molecule has 0 radical (unpaired) electrons. The van der Waals surface area contributed by atoms with Crippen LogP contribution < -0.4 is 5.32 Å². The predicted molar refractivity (Wildman–Crippen MR) is 100 cm³/mol. The van der Waals surface area contributed by atoms with Crippen LogP contribution in [0.5, 0.6) is 0 Å². The van der Waals surface area contributed by atoms with E-state index in [1.54, 1.807) is 22.5 Å². The summed E-state index contributed by atoms with van der Waals surface area (Å²) in [5, 5.41) is 3.12. The van der Waals surface area contributed by atoms with E-state index in [0.29, 0.717) is 12.3 Å². The molecule has 1 atom stereocenters. The minimum Gasteiger partial charge on any atom is -0.465 e. The number of aromatic nitrogens is 1. The lowest BCUT2D eigenvalue weighted by Crippen LogP contribution is -2.37. The third-order valence-corrected chi connectivity index (χ3v) is 4.64. The molecule has 1 aliphatic carbocycles. The lowest BCUT2D eigenvalue weighted by atomic mass is 9.95. The third kappa shape index (κ3) is 5.22. The number of hydrogen-bond donors (Lipinski definition) is 1. The first kappa shape index (κ1) is 21.5. The van der Waals surface area contributed by atoms with Crippen molar-refractivity contribution in [2.24, 2.45) is 7.05 Å². The first-order chi connectivity index (χ1) is 11.5. The van der Waals surface area contributed by atoms with E-state index in [-0.39, 0.29) is 30.3 Å². The van der Waals surface area contributed by atoms with Gasteiger partial charge in [0, 0.05) is 18.8 Å². The van der Waals surface area contributed by atoms with Gasteiger partial charge in [0.15, 0.2) is 0 Å². The van der Waals surface area contributed by atoms with E-state index in [4.69, 9.17) is 4.74 Å². The minimum absolute atomic E-state index is 0. The predicted octanol–water partition coefficient (Wildman–Crippen LogP) is 2.68. The van der Waals surface area contributed by atoms with Crippen LogP contribution >= 0.6 is 12.4 Å². The number of halogens is 1. The molecule has 1 unspecified atom stereocenters. The molecule has 0 aliphatic heterocycles. The summed E-state index contributed by atoms with van der Waals surface area (Å²) >= 11 is 0. The van der Waals surface area contributed by atoms with E-state index in [9.17, 15) is 9.59 Å². The number of ether oxygens (including phenoxy) is 1. The zero-order valence-corrected chi connectivity index (χ0v) is 16.4. The number of hydrogen-bond acceptors (Lipinski definition) is 4. The molecule has 1 heterocycles. The Morgan fingerprint density at radius 2 is 1.92 bits per heavy atom. The fourth-order valence-electron chi connectivity index (χ4n) is 3.35. The Morgan fingerprint density at radius 3 is 2.48 bits per heavy atom. The Labute approximate surface area is 156 Å². The summed E-state index contributed by atoms with van der Waals surface area (Å²) < 4.78 is 6.96. The van der Waals surface area contributed by atoms with Gasteiger partial charge in [0.2, 0.25) is 0 Å². The van der Waals surface area contributed by atoms with Crippen LogP contribution in [0.15, 0.2) is 12.1 Å². The molecule has 0 saturated heterocycles. The number of amides is 1. The summed E-state index contributed by atoms with van der Waals surface area (Å²) in [7, 11) is 5.48. The van der Waals surface area contributed by atoms with Crippen molar-refractivity contribution in [3.8, 4) is 0 Å². The molecule has 1 N–H and O–H groups in total. The lowest BCUT2D eigenvalue weighted by molar-refractivity contribution is -0.149. The highest BCUT2D eigenvalue weighted by atomic mass is 35.5. The summed E-state index contributed by atoms with van der Waals surface area (Å²) in [6.45, 7) is 2.13.